The van der Waals surface area contributed by atoms with Crippen molar-refractivity contribution in [3.8, 4) is 5.69 Å². The number of carbonyl (C=O) groups excluding carboxylic acids is 3. The lowest BCUT2D eigenvalue weighted by atomic mass is 10.1. The number of nitrogens with one attached hydrogen (secondary N) is 1. The van der Waals surface area contributed by atoms with Crippen molar-refractivity contribution in [3.05, 3.63) is 77.6 Å². The van der Waals surface area contributed by atoms with Crippen molar-refractivity contribution < 1.29 is 14.4 Å². The molecule has 2 aromatic carbocycles. The second-order valence-electron chi connectivity index (χ2n) is 7.50. The van der Waals surface area contributed by atoms with Crippen LogP contribution in [0.15, 0.2) is 60.9 Å². The molecule has 1 atom stereocenters. The van der Waals surface area contributed by atoms with Crippen LogP contribution in [0.4, 0.5) is 0 Å². The fraction of sp³-hybridized carbons (Fsp3) is 0.261. The summed E-state index contributed by atoms with van der Waals surface area (Å²) >= 11 is 0. The number of likely N-dealkylation sites (tertiary alicyclic amines) is 1. The lowest BCUT2D eigenvalue weighted by Crippen LogP contribution is -2.47. The average Bonchev–Trinajstić information content (AvgIpc) is 3.49. The molecule has 1 aliphatic rings. The molecule has 2 amide bonds. The molecule has 0 spiro atoms. The van der Waals surface area contributed by atoms with E-state index in [4.69, 9.17) is 0 Å². The first-order chi connectivity index (χ1) is 15.0. The maximum Gasteiger partial charge on any atom is 0.256 e. The SMILES string of the molecule is Cc1ccc(-n2nccn2)c(C(=O)N2CCC[C@H]2C(=O)NCC(=O)c2ccccc2)c1. The third-order valence-corrected chi connectivity index (χ3v) is 5.35. The van der Waals surface area contributed by atoms with E-state index in [0.717, 1.165) is 12.0 Å². The maximum atomic E-state index is 13.4. The van der Waals surface area contributed by atoms with Gasteiger partial charge in [-0.25, -0.2) is 0 Å². The Balaban J connectivity index is 1.50. The van der Waals surface area contributed by atoms with Crippen LogP contribution in [0.3, 0.4) is 0 Å². The van der Waals surface area contributed by atoms with E-state index in [2.05, 4.69) is 15.5 Å². The zero-order chi connectivity index (χ0) is 21.8. The van der Waals surface area contributed by atoms with Crippen molar-refractivity contribution in [2.75, 3.05) is 13.1 Å². The summed E-state index contributed by atoms with van der Waals surface area (Å²) in [6.45, 7) is 2.28. The van der Waals surface area contributed by atoms with Crippen LogP contribution in [-0.2, 0) is 4.79 Å². The average molecular weight is 417 g/mol. The van der Waals surface area contributed by atoms with Crippen molar-refractivity contribution >= 4 is 17.6 Å². The lowest BCUT2D eigenvalue weighted by Gasteiger charge is -2.25. The third kappa shape index (κ3) is 4.37. The van der Waals surface area contributed by atoms with Crippen LogP contribution in [-0.4, -0.2) is 56.6 Å². The summed E-state index contributed by atoms with van der Waals surface area (Å²) in [6.07, 6.45) is 4.36. The molecule has 3 aromatic rings. The van der Waals surface area contributed by atoms with Gasteiger partial charge in [0.05, 0.1) is 30.2 Å². The number of nitrogens with zero attached hydrogens (tertiary/aromatic N) is 4. The Morgan fingerprint density at radius 3 is 2.55 bits per heavy atom. The molecule has 4 rings (SSSR count). The minimum atomic E-state index is -0.616. The quantitative estimate of drug-likeness (QED) is 0.620. The first-order valence-corrected chi connectivity index (χ1v) is 10.2. The third-order valence-electron chi connectivity index (χ3n) is 5.35. The minimum absolute atomic E-state index is 0.103. The highest BCUT2D eigenvalue weighted by molar-refractivity contribution is 6.02. The second-order valence-corrected chi connectivity index (χ2v) is 7.50. The Bertz CT molecular complexity index is 1100. The van der Waals surface area contributed by atoms with Gasteiger partial charge in [-0.3, -0.25) is 14.4 Å². The molecule has 0 saturated carbocycles. The highest BCUT2D eigenvalue weighted by Gasteiger charge is 2.35. The van der Waals surface area contributed by atoms with Gasteiger partial charge in [0.2, 0.25) is 5.91 Å². The van der Waals surface area contributed by atoms with Crippen LogP contribution in [0.2, 0.25) is 0 Å². The summed E-state index contributed by atoms with van der Waals surface area (Å²) in [4.78, 5) is 41.5. The number of hydrogen-bond donors (Lipinski definition) is 1. The van der Waals surface area contributed by atoms with E-state index in [1.54, 1.807) is 53.7 Å². The zero-order valence-electron chi connectivity index (χ0n) is 17.2. The smallest absolute Gasteiger partial charge is 0.256 e. The van der Waals surface area contributed by atoms with E-state index in [9.17, 15) is 14.4 Å². The Morgan fingerprint density at radius 1 is 1.06 bits per heavy atom. The van der Waals surface area contributed by atoms with E-state index in [0.29, 0.717) is 29.8 Å². The number of Topliss-reactive ketones (excluding diaryl/α,β-unsaturated/α-hetero) is 1. The Hall–Kier alpha value is -3.81. The van der Waals surface area contributed by atoms with Gasteiger partial charge < -0.3 is 10.2 Å². The number of carbonyl (C=O) groups is 3. The zero-order valence-corrected chi connectivity index (χ0v) is 17.2. The van der Waals surface area contributed by atoms with Crippen LogP contribution >= 0.6 is 0 Å². The van der Waals surface area contributed by atoms with Crippen LogP contribution in [0.5, 0.6) is 0 Å². The predicted molar refractivity (Wildman–Crippen MR) is 114 cm³/mol. The van der Waals surface area contributed by atoms with E-state index in [-0.39, 0.29) is 24.1 Å². The summed E-state index contributed by atoms with van der Waals surface area (Å²) in [5.41, 5.74) is 2.47. The lowest BCUT2D eigenvalue weighted by molar-refractivity contribution is -0.124. The van der Waals surface area contributed by atoms with E-state index < -0.39 is 6.04 Å². The van der Waals surface area contributed by atoms with Crippen LogP contribution in [0, 0.1) is 6.92 Å². The van der Waals surface area contributed by atoms with Crippen molar-refractivity contribution in [1.82, 2.24) is 25.2 Å². The molecule has 1 aliphatic heterocycles. The number of rotatable bonds is 6. The molecule has 8 heteroatoms. The van der Waals surface area contributed by atoms with Crippen LogP contribution < -0.4 is 5.32 Å². The normalized spacial score (nSPS) is 15.6. The monoisotopic (exact) mass is 417 g/mol. The number of aryl methyl sites for hydroxylation is 1. The first-order valence-electron chi connectivity index (χ1n) is 10.2. The molecular weight excluding hydrogens is 394 g/mol. The number of benzene rings is 2. The molecule has 8 nitrogen and oxygen atoms in total. The molecule has 0 bridgehead atoms. The molecule has 1 aromatic heterocycles. The van der Waals surface area contributed by atoms with Crippen LogP contribution in [0.25, 0.3) is 5.69 Å². The molecule has 0 aliphatic carbocycles. The molecule has 0 unspecified atom stereocenters. The number of aromatic nitrogens is 3. The van der Waals surface area contributed by atoms with Gasteiger partial charge in [-0.2, -0.15) is 15.0 Å². The molecule has 158 valence electrons. The molecule has 1 saturated heterocycles. The largest absolute Gasteiger partial charge is 0.347 e. The standard InChI is InChI=1S/C23H23N5O3/c1-16-9-10-19(28-25-11-12-26-28)18(14-16)23(31)27-13-5-8-20(27)22(30)24-15-21(29)17-6-3-2-4-7-17/h2-4,6-7,9-12,14,20H,5,8,13,15H2,1H3,(H,24,30)/t20-/m0/s1. The highest BCUT2D eigenvalue weighted by Crippen LogP contribution is 2.24. The summed E-state index contributed by atoms with van der Waals surface area (Å²) in [7, 11) is 0. The van der Waals surface area contributed by atoms with Crippen molar-refractivity contribution in [2.24, 2.45) is 0 Å². The highest BCUT2D eigenvalue weighted by atomic mass is 16.2. The maximum absolute atomic E-state index is 13.4. The van der Waals surface area contributed by atoms with E-state index in [1.165, 1.54) is 4.80 Å². The number of amides is 2. The topological polar surface area (TPSA) is 97.2 Å². The van der Waals surface area contributed by atoms with Gasteiger partial charge >= 0.3 is 0 Å². The fourth-order valence-corrected chi connectivity index (χ4v) is 3.78. The predicted octanol–water partition coefficient (Wildman–Crippen LogP) is 2.18. The second kappa shape index (κ2) is 8.91. The van der Waals surface area contributed by atoms with Gasteiger partial charge in [-0.05, 0) is 31.9 Å². The van der Waals surface area contributed by atoms with Gasteiger partial charge in [0, 0.05) is 12.1 Å². The minimum Gasteiger partial charge on any atom is -0.347 e. The molecule has 2 heterocycles. The fourth-order valence-electron chi connectivity index (χ4n) is 3.78. The summed E-state index contributed by atoms with van der Waals surface area (Å²) in [5, 5.41) is 11.0. The van der Waals surface area contributed by atoms with Gasteiger partial charge in [0.25, 0.3) is 5.91 Å². The van der Waals surface area contributed by atoms with E-state index in [1.807, 2.05) is 19.1 Å². The summed E-state index contributed by atoms with van der Waals surface area (Å²) < 4.78 is 0. The molecule has 31 heavy (non-hydrogen) atoms. The molecular formula is C23H23N5O3. The Kier molecular flexibility index (Phi) is 5.88. The Labute approximate surface area is 179 Å². The Morgan fingerprint density at radius 2 is 1.81 bits per heavy atom. The van der Waals surface area contributed by atoms with Gasteiger partial charge in [0.15, 0.2) is 5.78 Å². The van der Waals surface area contributed by atoms with Crippen molar-refractivity contribution in [3.63, 3.8) is 0 Å². The number of hydrogen-bond acceptors (Lipinski definition) is 5. The van der Waals surface area contributed by atoms with Gasteiger partial charge in [-0.15, -0.1) is 0 Å². The summed E-state index contributed by atoms with van der Waals surface area (Å²) in [6, 6.07) is 13.7. The van der Waals surface area contributed by atoms with E-state index >= 15 is 0 Å². The van der Waals surface area contributed by atoms with Crippen molar-refractivity contribution in [1.29, 1.82) is 0 Å². The summed E-state index contributed by atoms with van der Waals surface area (Å²) in [5.74, 6) is -0.736. The molecule has 1 N–H and O–H groups in total. The number of ketones is 1. The van der Waals surface area contributed by atoms with Crippen molar-refractivity contribution in [2.45, 2.75) is 25.8 Å². The van der Waals surface area contributed by atoms with Crippen LogP contribution in [0.1, 0.15) is 39.1 Å². The van der Waals surface area contributed by atoms with Gasteiger partial charge in [-0.1, -0.05) is 42.0 Å². The molecule has 1 fully saturated rings. The van der Waals surface area contributed by atoms with Gasteiger partial charge in [0.1, 0.15) is 6.04 Å². The first kappa shape index (κ1) is 20.5. The molecule has 0 radical (unpaired) electrons.